The summed E-state index contributed by atoms with van der Waals surface area (Å²) in [5, 5.41) is 9.55. The van der Waals surface area contributed by atoms with Gasteiger partial charge in [0.2, 0.25) is 0 Å². The van der Waals surface area contributed by atoms with Crippen LogP contribution in [0.25, 0.3) is 0 Å². The topological polar surface area (TPSA) is 66.8 Å². The van der Waals surface area contributed by atoms with Gasteiger partial charge in [-0.3, -0.25) is 4.79 Å². The molecule has 19 heavy (non-hydrogen) atoms. The van der Waals surface area contributed by atoms with Crippen LogP contribution in [-0.4, -0.2) is 40.8 Å². The van der Waals surface area contributed by atoms with E-state index in [0.717, 1.165) is 19.3 Å². The Balaban J connectivity index is 2.11. The first-order valence-electron chi connectivity index (χ1n) is 6.96. The van der Waals surface area contributed by atoms with E-state index in [-0.39, 0.29) is 12.0 Å². The number of rotatable bonds is 1. The van der Waals surface area contributed by atoms with Gasteiger partial charge in [0.1, 0.15) is 5.60 Å². The Bertz CT molecular complexity index is 387. The van der Waals surface area contributed by atoms with Gasteiger partial charge >= 0.3 is 12.1 Å². The fourth-order valence-corrected chi connectivity index (χ4v) is 3.27. The number of carbonyl (C=O) groups is 2. The molecular formula is C14H23NO4. The second kappa shape index (κ2) is 4.69. The molecule has 0 aromatic heterocycles. The summed E-state index contributed by atoms with van der Waals surface area (Å²) in [6.45, 7) is 6.27. The zero-order chi connectivity index (χ0) is 14.3. The molecule has 2 aliphatic rings. The van der Waals surface area contributed by atoms with Crippen molar-refractivity contribution < 1.29 is 19.4 Å². The van der Waals surface area contributed by atoms with Crippen molar-refractivity contribution >= 4 is 12.1 Å². The van der Waals surface area contributed by atoms with Gasteiger partial charge in [0.05, 0.1) is 5.41 Å². The van der Waals surface area contributed by atoms with Gasteiger partial charge in [-0.1, -0.05) is 12.8 Å². The number of ether oxygens (including phenoxy) is 1. The van der Waals surface area contributed by atoms with Gasteiger partial charge in [-0.15, -0.1) is 0 Å². The predicted molar refractivity (Wildman–Crippen MR) is 69.8 cm³/mol. The highest BCUT2D eigenvalue weighted by Crippen LogP contribution is 2.47. The summed E-state index contributed by atoms with van der Waals surface area (Å²) in [7, 11) is 0. The number of carbonyl (C=O) groups excluding carboxylic acids is 1. The number of nitrogens with zero attached hydrogens (tertiary/aromatic N) is 1. The van der Waals surface area contributed by atoms with Crippen LogP contribution in [0.3, 0.4) is 0 Å². The Hall–Kier alpha value is -1.26. The SMILES string of the molecule is CC(C)(C)OC(=O)N1CC2CCCCC2(C(=O)O)C1. The molecule has 0 bridgehead atoms. The van der Waals surface area contributed by atoms with Crippen molar-refractivity contribution in [3.8, 4) is 0 Å². The number of hydrogen-bond donors (Lipinski definition) is 1. The van der Waals surface area contributed by atoms with Crippen LogP contribution in [-0.2, 0) is 9.53 Å². The van der Waals surface area contributed by atoms with Gasteiger partial charge in [-0.25, -0.2) is 4.79 Å². The lowest BCUT2D eigenvalue weighted by Crippen LogP contribution is -2.42. The summed E-state index contributed by atoms with van der Waals surface area (Å²) in [6, 6.07) is 0. The highest BCUT2D eigenvalue weighted by atomic mass is 16.6. The van der Waals surface area contributed by atoms with E-state index in [9.17, 15) is 14.7 Å². The molecule has 1 saturated carbocycles. The number of carboxylic acid groups (broad SMARTS) is 1. The molecule has 108 valence electrons. The lowest BCUT2D eigenvalue weighted by atomic mass is 9.68. The highest BCUT2D eigenvalue weighted by Gasteiger charge is 2.54. The van der Waals surface area contributed by atoms with Gasteiger partial charge in [0, 0.05) is 13.1 Å². The maximum atomic E-state index is 12.1. The van der Waals surface area contributed by atoms with Gasteiger partial charge in [-0.2, -0.15) is 0 Å². The second-order valence-electron chi connectivity index (χ2n) is 6.76. The van der Waals surface area contributed by atoms with Crippen LogP contribution in [0.15, 0.2) is 0 Å². The normalized spacial score (nSPS) is 30.9. The van der Waals surface area contributed by atoms with Crippen LogP contribution in [0.2, 0.25) is 0 Å². The van der Waals surface area contributed by atoms with E-state index in [1.807, 2.05) is 20.8 Å². The maximum Gasteiger partial charge on any atom is 0.410 e. The van der Waals surface area contributed by atoms with E-state index in [4.69, 9.17) is 4.74 Å². The molecule has 0 aromatic carbocycles. The number of aliphatic carboxylic acids is 1. The monoisotopic (exact) mass is 269 g/mol. The van der Waals surface area contributed by atoms with Gasteiger partial charge in [0.15, 0.2) is 0 Å². The number of hydrogen-bond acceptors (Lipinski definition) is 3. The highest BCUT2D eigenvalue weighted by molar-refractivity contribution is 5.78. The van der Waals surface area contributed by atoms with Crippen LogP contribution >= 0.6 is 0 Å². The first kappa shape index (κ1) is 14.2. The molecule has 0 radical (unpaired) electrons. The van der Waals surface area contributed by atoms with Crippen molar-refractivity contribution in [1.29, 1.82) is 0 Å². The molecule has 1 N–H and O–H groups in total. The Labute approximate surface area is 113 Å². The molecule has 1 saturated heterocycles. The molecular weight excluding hydrogens is 246 g/mol. The minimum absolute atomic E-state index is 0.0752. The largest absolute Gasteiger partial charge is 0.481 e. The molecule has 1 aliphatic carbocycles. The van der Waals surface area contributed by atoms with E-state index in [0.29, 0.717) is 19.5 Å². The van der Waals surface area contributed by atoms with E-state index in [1.54, 1.807) is 4.90 Å². The average Bonchev–Trinajstić information content (AvgIpc) is 2.67. The molecule has 1 amide bonds. The van der Waals surface area contributed by atoms with Gasteiger partial charge in [-0.05, 0) is 39.5 Å². The minimum atomic E-state index is -0.761. The molecule has 0 aromatic rings. The molecule has 5 heteroatoms. The minimum Gasteiger partial charge on any atom is -0.481 e. The van der Waals surface area contributed by atoms with Crippen LogP contribution in [0.4, 0.5) is 4.79 Å². The zero-order valence-electron chi connectivity index (χ0n) is 11.9. The standard InChI is InChI=1S/C14H23NO4/c1-13(2,3)19-12(18)15-8-10-6-4-5-7-14(10,9-15)11(16)17/h10H,4-9H2,1-3H3,(H,16,17). The van der Waals surface area contributed by atoms with Crippen molar-refractivity contribution in [3.05, 3.63) is 0 Å². The second-order valence-corrected chi connectivity index (χ2v) is 6.76. The van der Waals surface area contributed by atoms with Crippen LogP contribution in [0, 0.1) is 11.3 Å². The predicted octanol–water partition coefficient (Wildman–Crippen LogP) is 2.50. The average molecular weight is 269 g/mol. The first-order valence-corrected chi connectivity index (χ1v) is 6.96. The Morgan fingerprint density at radius 3 is 2.53 bits per heavy atom. The first-order chi connectivity index (χ1) is 8.74. The van der Waals surface area contributed by atoms with Crippen molar-refractivity contribution in [2.75, 3.05) is 13.1 Å². The lowest BCUT2D eigenvalue weighted by Gasteiger charge is -2.34. The quantitative estimate of drug-likeness (QED) is 0.794. The third kappa shape index (κ3) is 2.69. The third-order valence-corrected chi connectivity index (χ3v) is 4.20. The smallest absolute Gasteiger partial charge is 0.410 e. The molecule has 2 atom stereocenters. The lowest BCUT2D eigenvalue weighted by molar-refractivity contribution is -0.152. The molecule has 5 nitrogen and oxygen atoms in total. The number of carboxylic acids is 1. The van der Waals surface area contributed by atoms with Gasteiger partial charge in [0.25, 0.3) is 0 Å². The van der Waals surface area contributed by atoms with Crippen LogP contribution in [0.5, 0.6) is 0 Å². The van der Waals surface area contributed by atoms with Crippen molar-refractivity contribution in [2.24, 2.45) is 11.3 Å². The molecule has 2 unspecified atom stereocenters. The van der Waals surface area contributed by atoms with E-state index >= 15 is 0 Å². The molecule has 0 spiro atoms. The summed E-state index contributed by atoms with van der Waals surface area (Å²) in [4.78, 5) is 25.3. The Morgan fingerprint density at radius 1 is 1.32 bits per heavy atom. The van der Waals surface area contributed by atoms with E-state index < -0.39 is 17.0 Å². The number of amides is 1. The number of fused-ring (bicyclic) bond motifs is 1. The molecule has 1 heterocycles. The number of likely N-dealkylation sites (tertiary alicyclic amines) is 1. The molecule has 2 rings (SSSR count). The zero-order valence-corrected chi connectivity index (χ0v) is 11.9. The Kier molecular flexibility index (Phi) is 3.49. The summed E-state index contributed by atoms with van der Waals surface area (Å²) < 4.78 is 5.35. The summed E-state index contributed by atoms with van der Waals surface area (Å²) in [5.41, 5.74) is -1.28. The molecule has 1 aliphatic heterocycles. The van der Waals surface area contributed by atoms with Crippen molar-refractivity contribution in [1.82, 2.24) is 4.90 Å². The Morgan fingerprint density at radius 2 is 2.00 bits per heavy atom. The fourth-order valence-electron chi connectivity index (χ4n) is 3.27. The maximum absolute atomic E-state index is 12.1. The van der Waals surface area contributed by atoms with Gasteiger partial charge < -0.3 is 14.7 Å². The fraction of sp³-hybridized carbons (Fsp3) is 0.857. The van der Waals surface area contributed by atoms with Crippen molar-refractivity contribution in [3.63, 3.8) is 0 Å². The van der Waals surface area contributed by atoms with Crippen molar-refractivity contribution in [2.45, 2.75) is 52.1 Å². The summed E-state index contributed by atoms with van der Waals surface area (Å²) in [6.07, 6.45) is 3.17. The van der Waals surface area contributed by atoms with Crippen LogP contribution in [0.1, 0.15) is 46.5 Å². The third-order valence-electron chi connectivity index (χ3n) is 4.20. The summed E-state index contributed by atoms with van der Waals surface area (Å²) in [5.74, 6) is -0.686. The molecule has 2 fully saturated rings. The summed E-state index contributed by atoms with van der Waals surface area (Å²) >= 11 is 0. The van der Waals surface area contributed by atoms with E-state index in [1.165, 1.54) is 0 Å². The van der Waals surface area contributed by atoms with E-state index in [2.05, 4.69) is 0 Å². The van der Waals surface area contributed by atoms with Crippen LogP contribution < -0.4 is 0 Å².